The second-order valence-corrected chi connectivity index (χ2v) is 4.11. The third-order valence-corrected chi connectivity index (χ3v) is 2.96. The molecule has 3 heteroatoms. The average Bonchev–Trinajstić information content (AvgIpc) is 2.37. The number of hydrogen-bond acceptors (Lipinski definition) is 3. The van der Waals surface area contributed by atoms with Gasteiger partial charge in [0.05, 0.1) is 0 Å². The number of nitriles is 2. The van der Waals surface area contributed by atoms with Gasteiger partial charge in [-0.2, -0.15) is 10.5 Å². The van der Waals surface area contributed by atoms with E-state index in [1.807, 2.05) is 18.3 Å². The number of rotatable bonds is 6. The van der Waals surface area contributed by atoms with Crippen LogP contribution < -0.4 is 0 Å². The molecule has 0 bridgehead atoms. The van der Waals surface area contributed by atoms with Gasteiger partial charge < -0.3 is 4.90 Å². The molecule has 2 atom stereocenters. The fraction of sp³-hybridized carbons (Fsp3) is 0.571. The minimum Gasteiger partial charge on any atom is -0.372 e. The molecule has 0 aliphatic rings. The maximum atomic E-state index is 8.61. The molecule has 0 amide bonds. The van der Waals surface area contributed by atoms with Crippen LogP contribution in [-0.2, 0) is 0 Å². The lowest BCUT2D eigenvalue weighted by molar-refractivity contribution is 0.218. The fourth-order valence-corrected chi connectivity index (χ4v) is 1.49. The molecule has 0 saturated carbocycles. The average molecular weight is 231 g/mol. The Kier molecular flexibility index (Phi) is 7.55. The van der Waals surface area contributed by atoms with Crippen LogP contribution in [0.25, 0.3) is 0 Å². The molecular formula is C14H21N3. The maximum Gasteiger partial charge on any atom is 0.129 e. The Hall–Kier alpha value is -1.74. The topological polar surface area (TPSA) is 50.8 Å². The van der Waals surface area contributed by atoms with Crippen LogP contribution in [0.3, 0.4) is 0 Å². The van der Waals surface area contributed by atoms with Crippen LogP contribution in [0.5, 0.6) is 0 Å². The van der Waals surface area contributed by atoms with E-state index in [1.54, 1.807) is 12.2 Å². The Morgan fingerprint density at radius 3 is 1.94 bits per heavy atom. The Bertz CT molecular complexity index is 329. The third-order valence-electron chi connectivity index (χ3n) is 2.96. The zero-order valence-corrected chi connectivity index (χ0v) is 11.1. The molecule has 0 aliphatic heterocycles. The molecule has 3 nitrogen and oxygen atoms in total. The highest BCUT2D eigenvalue weighted by atomic mass is 15.2. The molecule has 2 unspecified atom stereocenters. The lowest BCUT2D eigenvalue weighted by Gasteiger charge is -2.32. The van der Waals surface area contributed by atoms with Crippen molar-refractivity contribution in [1.29, 1.82) is 10.5 Å². The smallest absolute Gasteiger partial charge is 0.129 e. The van der Waals surface area contributed by atoms with Crippen molar-refractivity contribution in [2.24, 2.45) is 0 Å². The first-order valence-electron chi connectivity index (χ1n) is 6.06. The van der Waals surface area contributed by atoms with Gasteiger partial charge in [0.15, 0.2) is 0 Å². The summed E-state index contributed by atoms with van der Waals surface area (Å²) in [6.45, 7) is 8.66. The fourth-order valence-electron chi connectivity index (χ4n) is 1.49. The maximum absolute atomic E-state index is 8.61. The minimum atomic E-state index is 0.134. The summed E-state index contributed by atoms with van der Waals surface area (Å²) >= 11 is 0. The summed E-state index contributed by atoms with van der Waals surface area (Å²) < 4.78 is 0. The second kappa shape index (κ2) is 8.42. The standard InChI is InChI=1S/C14H21N3/c1-5-12(3)17(13(4)6-2)9-7-8-14(10-15)11-16/h7-9,12-13H,5-6H2,1-4H3. The Balaban J connectivity index is 4.78. The molecule has 0 aromatic carbocycles. The SMILES string of the molecule is CCC(C)N(C=CC=C(C#N)C#N)C(C)CC. The van der Waals surface area contributed by atoms with Crippen molar-refractivity contribution in [3.63, 3.8) is 0 Å². The van der Waals surface area contributed by atoms with Crippen molar-refractivity contribution in [3.8, 4) is 12.1 Å². The zero-order chi connectivity index (χ0) is 13.3. The van der Waals surface area contributed by atoms with Crippen molar-refractivity contribution in [2.75, 3.05) is 0 Å². The van der Waals surface area contributed by atoms with E-state index in [0.29, 0.717) is 12.1 Å². The first kappa shape index (κ1) is 15.3. The molecular weight excluding hydrogens is 210 g/mol. The van der Waals surface area contributed by atoms with Gasteiger partial charge in [-0.3, -0.25) is 0 Å². The van der Waals surface area contributed by atoms with Gasteiger partial charge in [-0.25, -0.2) is 0 Å². The van der Waals surface area contributed by atoms with Crippen LogP contribution in [0, 0.1) is 22.7 Å². The molecule has 0 fully saturated rings. The molecule has 0 radical (unpaired) electrons. The van der Waals surface area contributed by atoms with Gasteiger partial charge in [-0.05, 0) is 45.0 Å². The third kappa shape index (κ3) is 5.22. The molecule has 0 saturated heterocycles. The van der Waals surface area contributed by atoms with Crippen LogP contribution in [-0.4, -0.2) is 17.0 Å². The number of nitrogens with zero attached hydrogens (tertiary/aromatic N) is 3. The number of hydrogen-bond donors (Lipinski definition) is 0. The van der Waals surface area contributed by atoms with Crippen molar-refractivity contribution in [2.45, 2.75) is 52.6 Å². The molecule has 0 aliphatic carbocycles. The van der Waals surface area contributed by atoms with E-state index in [2.05, 4.69) is 32.6 Å². The van der Waals surface area contributed by atoms with E-state index in [0.717, 1.165) is 12.8 Å². The molecule has 92 valence electrons. The van der Waals surface area contributed by atoms with Gasteiger partial charge in [0.2, 0.25) is 0 Å². The molecule has 0 N–H and O–H groups in total. The molecule has 0 spiro atoms. The van der Waals surface area contributed by atoms with Gasteiger partial charge in [0.25, 0.3) is 0 Å². The van der Waals surface area contributed by atoms with Crippen molar-refractivity contribution >= 4 is 0 Å². The summed E-state index contributed by atoms with van der Waals surface area (Å²) in [5, 5.41) is 17.2. The first-order valence-corrected chi connectivity index (χ1v) is 6.06. The predicted octanol–water partition coefficient (Wildman–Crippen LogP) is 3.37. The first-order chi connectivity index (χ1) is 8.10. The lowest BCUT2D eigenvalue weighted by Crippen LogP contribution is -2.35. The van der Waals surface area contributed by atoms with E-state index in [9.17, 15) is 0 Å². The molecule has 0 aromatic heterocycles. The molecule has 0 aromatic rings. The summed E-state index contributed by atoms with van der Waals surface area (Å²) in [5.74, 6) is 0. The highest BCUT2D eigenvalue weighted by Crippen LogP contribution is 2.12. The number of allylic oxidation sites excluding steroid dienone is 3. The normalized spacial score (nSPS) is 13.5. The molecule has 17 heavy (non-hydrogen) atoms. The predicted molar refractivity (Wildman–Crippen MR) is 69.8 cm³/mol. The molecule has 0 rings (SSSR count). The van der Waals surface area contributed by atoms with Crippen LogP contribution in [0.4, 0.5) is 0 Å². The summed E-state index contributed by atoms with van der Waals surface area (Å²) in [7, 11) is 0. The van der Waals surface area contributed by atoms with Crippen molar-refractivity contribution < 1.29 is 0 Å². The summed E-state index contributed by atoms with van der Waals surface area (Å²) in [5.41, 5.74) is 0.134. The lowest BCUT2D eigenvalue weighted by atomic mass is 10.1. The molecule has 0 heterocycles. The van der Waals surface area contributed by atoms with Gasteiger partial charge in [0, 0.05) is 12.1 Å². The van der Waals surface area contributed by atoms with Crippen molar-refractivity contribution in [3.05, 3.63) is 23.9 Å². The summed E-state index contributed by atoms with van der Waals surface area (Å²) in [4.78, 5) is 2.27. The van der Waals surface area contributed by atoms with Gasteiger partial charge in [-0.1, -0.05) is 13.8 Å². The summed E-state index contributed by atoms with van der Waals surface area (Å²) in [6.07, 6.45) is 7.44. The minimum absolute atomic E-state index is 0.134. The van der Waals surface area contributed by atoms with E-state index >= 15 is 0 Å². The van der Waals surface area contributed by atoms with Gasteiger partial charge in [-0.15, -0.1) is 0 Å². The van der Waals surface area contributed by atoms with E-state index in [1.165, 1.54) is 0 Å². The van der Waals surface area contributed by atoms with Crippen LogP contribution in [0.15, 0.2) is 23.9 Å². The van der Waals surface area contributed by atoms with Crippen LogP contribution >= 0.6 is 0 Å². The highest BCUT2D eigenvalue weighted by molar-refractivity contribution is 5.37. The highest BCUT2D eigenvalue weighted by Gasteiger charge is 2.12. The zero-order valence-electron chi connectivity index (χ0n) is 11.1. The second-order valence-electron chi connectivity index (χ2n) is 4.11. The van der Waals surface area contributed by atoms with Gasteiger partial charge >= 0.3 is 0 Å². The van der Waals surface area contributed by atoms with Crippen LogP contribution in [0.1, 0.15) is 40.5 Å². The quantitative estimate of drug-likeness (QED) is 0.520. The monoisotopic (exact) mass is 231 g/mol. The Morgan fingerprint density at radius 1 is 1.12 bits per heavy atom. The van der Waals surface area contributed by atoms with E-state index in [4.69, 9.17) is 10.5 Å². The summed E-state index contributed by atoms with van der Waals surface area (Å²) in [6, 6.07) is 4.61. The van der Waals surface area contributed by atoms with Gasteiger partial charge in [0.1, 0.15) is 17.7 Å². The van der Waals surface area contributed by atoms with E-state index in [-0.39, 0.29) is 5.57 Å². The van der Waals surface area contributed by atoms with Crippen molar-refractivity contribution in [1.82, 2.24) is 4.90 Å². The van der Waals surface area contributed by atoms with Crippen LogP contribution in [0.2, 0.25) is 0 Å². The largest absolute Gasteiger partial charge is 0.372 e. The van der Waals surface area contributed by atoms with E-state index < -0.39 is 0 Å². The Morgan fingerprint density at radius 2 is 1.59 bits per heavy atom. The Labute approximate surface area is 105 Å².